The summed E-state index contributed by atoms with van der Waals surface area (Å²) < 4.78 is 5.37. The number of likely N-dealkylation sites (N-methyl/N-ethyl adjacent to an activating group) is 1. The molecule has 6 nitrogen and oxygen atoms in total. The maximum Gasteiger partial charge on any atom is 0.409 e. The average molecular weight is 346 g/mol. The molecule has 2 fully saturated rings. The fraction of sp³-hybridized carbons (Fsp3) is 0.632. The summed E-state index contributed by atoms with van der Waals surface area (Å²) in [5.41, 5.74) is 1.23. The predicted octanol–water partition coefficient (Wildman–Crippen LogP) is 1.93. The van der Waals surface area contributed by atoms with Gasteiger partial charge in [-0.2, -0.15) is 0 Å². The number of hydrogen-bond acceptors (Lipinski definition) is 5. The van der Waals surface area contributed by atoms with Gasteiger partial charge < -0.3 is 19.4 Å². The molecule has 0 bridgehead atoms. The van der Waals surface area contributed by atoms with E-state index in [-0.39, 0.29) is 12.3 Å². The molecule has 0 saturated carbocycles. The van der Waals surface area contributed by atoms with Gasteiger partial charge in [0, 0.05) is 45.0 Å². The van der Waals surface area contributed by atoms with Gasteiger partial charge in [0.1, 0.15) is 6.17 Å². The molecule has 25 heavy (non-hydrogen) atoms. The summed E-state index contributed by atoms with van der Waals surface area (Å²) in [6.45, 7) is 8.96. The first-order valence-electron chi connectivity index (χ1n) is 9.35. The summed E-state index contributed by atoms with van der Waals surface area (Å²) in [5, 5.41) is 0. The topological polar surface area (TPSA) is 39.3 Å². The van der Waals surface area contributed by atoms with Crippen LogP contribution < -0.4 is 4.90 Å². The summed E-state index contributed by atoms with van der Waals surface area (Å²) in [6.07, 6.45) is 0.894. The van der Waals surface area contributed by atoms with E-state index >= 15 is 0 Å². The van der Waals surface area contributed by atoms with Crippen molar-refractivity contribution in [2.45, 2.75) is 19.5 Å². The van der Waals surface area contributed by atoms with Crippen molar-refractivity contribution in [2.24, 2.45) is 0 Å². The van der Waals surface area contributed by atoms with Gasteiger partial charge in [-0.15, -0.1) is 0 Å². The zero-order valence-electron chi connectivity index (χ0n) is 15.4. The molecule has 0 aromatic heterocycles. The summed E-state index contributed by atoms with van der Waals surface area (Å²) in [4.78, 5) is 21.5. The van der Waals surface area contributed by atoms with E-state index in [2.05, 4.69) is 46.0 Å². The maximum atomic E-state index is 12.3. The summed E-state index contributed by atoms with van der Waals surface area (Å²) in [5.74, 6) is 0. The number of anilines is 1. The van der Waals surface area contributed by atoms with Crippen LogP contribution in [0, 0.1) is 0 Å². The van der Waals surface area contributed by atoms with Crippen LogP contribution in [-0.2, 0) is 4.74 Å². The minimum absolute atomic E-state index is 0.173. The maximum absolute atomic E-state index is 12.3. The summed E-state index contributed by atoms with van der Waals surface area (Å²) >= 11 is 0. The number of carbonyl (C=O) groups excluding carboxylic acids is 1. The first kappa shape index (κ1) is 18.0. The SMILES string of the molecule is CCCOC(=O)N1CCN(c2ccccc2)C(N2CCN(C)CC2)C1. The Hall–Kier alpha value is -1.79. The number of piperazine rings is 2. The average Bonchev–Trinajstić information content (AvgIpc) is 2.67. The monoisotopic (exact) mass is 346 g/mol. The number of carbonyl (C=O) groups is 1. The third-order valence-electron chi connectivity index (χ3n) is 5.09. The lowest BCUT2D eigenvalue weighted by Gasteiger charge is -2.49. The van der Waals surface area contributed by atoms with Crippen molar-refractivity contribution in [1.29, 1.82) is 0 Å². The molecule has 1 amide bonds. The van der Waals surface area contributed by atoms with E-state index in [0.717, 1.165) is 39.1 Å². The number of amides is 1. The van der Waals surface area contributed by atoms with E-state index in [1.165, 1.54) is 5.69 Å². The number of benzene rings is 1. The van der Waals surface area contributed by atoms with Gasteiger partial charge in [-0.3, -0.25) is 4.90 Å². The molecule has 1 atom stereocenters. The zero-order chi connectivity index (χ0) is 17.6. The molecule has 1 unspecified atom stereocenters. The predicted molar refractivity (Wildman–Crippen MR) is 99.9 cm³/mol. The summed E-state index contributed by atoms with van der Waals surface area (Å²) in [6, 6.07) is 10.5. The minimum Gasteiger partial charge on any atom is -0.449 e. The molecule has 2 saturated heterocycles. The van der Waals surface area contributed by atoms with Crippen LogP contribution in [-0.4, -0.2) is 86.4 Å². The Kier molecular flexibility index (Phi) is 6.15. The first-order valence-corrected chi connectivity index (χ1v) is 9.35. The van der Waals surface area contributed by atoms with Gasteiger partial charge in [0.2, 0.25) is 0 Å². The number of nitrogens with zero attached hydrogens (tertiary/aromatic N) is 4. The fourth-order valence-corrected chi connectivity index (χ4v) is 3.56. The lowest BCUT2D eigenvalue weighted by molar-refractivity contribution is 0.0524. The molecule has 138 valence electrons. The lowest BCUT2D eigenvalue weighted by atomic mass is 10.1. The van der Waals surface area contributed by atoms with E-state index in [4.69, 9.17) is 4.74 Å². The second kappa shape index (κ2) is 8.54. The van der Waals surface area contributed by atoms with E-state index in [1.54, 1.807) is 0 Å². The van der Waals surface area contributed by atoms with Crippen molar-refractivity contribution in [2.75, 3.05) is 64.4 Å². The smallest absolute Gasteiger partial charge is 0.409 e. The molecule has 1 aromatic carbocycles. The Morgan fingerprint density at radius 1 is 1.08 bits per heavy atom. The number of ether oxygens (including phenoxy) is 1. The van der Waals surface area contributed by atoms with Gasteiger partial charge in [0.25, 0.3) is 0 Å². The Morgan fingerprint density at radius 2 is 1.80 bits per heavy atom. The van der Waals surface area contributed by atoms with Crippen molar-refractivity contribution in [3.8, 4) is 0 Å². The van der Waals surface area contributed by atoms with Crippen molar-refractivity contribution < 1.29 is 9.53 Å². The van der Waals surface area contributed by atoms with Crippen molar-refractivity contribution in [3.63, 3.8) is 0 Å². The largest absolute Gasteiger partial charge is 0.449 e. The second-order valence-corrected chi connectivity index (χ2v) is 6.91. The third kappa shape index (κ3) is 4.44. The van der Waals surface area contributed by atoms with Crippen LogP contribution in [0.1, 0.15) is 13.3 Å². The molecule has 0 aliphatic carbocycles. The van der Waals surface area contributed by atoms with E-state index in [9.17, 15) is 4.79 Å². The third-order valence-corrected chi connectivity index (χ3v) is 5.09. The highest BCUT2D eigenvalue weighted by Crippen LogP contribution is 2.23. The summed E-state index contributed by atoms with van der Waals surface area (Å²) in [7, 11) is 2.17. The van der Waals surface area contributed by atoms with Crippen LogP contribution in [0.3, 0.4) is 0 Å². The van der Waals surface area contributed by atoms with Gasteiger partial charge in [0.15, 0.2) is 0 Å². The van der Waals surface area contributed by atoms with E-state index in [0.29, 0.717) is 19.7 Å². The van der Waals surface area contributed by atoms with Crippen LogP contribution in [0.5, 0.6) is 0 Å². The van der Waals surface area contributed by atoms with E-state index < -0.39 is 0 Å². The molecule has 0 radical (unpaired) electrons. The van der Waals surface area contributed by atoms with Crippen LogP contribution >= 0.6 is 0 Å². The molecule has 2 heterocycles. The Morgan fingerprint density at radius 3 is 2.48 bits per heavy atom. The molecule has 1 aromatic rings. The highest BCUT2D eigenvalue weighted by Gasteiger charge is 2.35. The molecule has 0 N–H and O–H groups in total. The van der Waals surface area contributed by atoms with Gasteiger partial charge in [-0.25, -0.2) is 4.79 Å². The van der Waals surface area contributed by atoms with Gasteiger partial charge in [0.05, 0.1) is 13.2 Å². The van der Waals surface area contributed by atoms with Crippen LogP contribution in [0.4, 0.5) is 10.5 Å². The highest BCUT2D eigenvalue weighted by atomic mass is 16.6. The van der Waals surface area contributed by atoms with Crippen LogP contribution in [0.15, 0.2) is 30.3 Å². The number of rotatable bonds is 4. The van der Waals surface area contributed by atoms with Crippen molar-refractivity contribution >= 4 is 11.8 Å². The molecular weight excluding hydrogens is 316 g/mol. The molecule has 6 heteroatoms. The molecule has 0 spiro atoms. The van der Waals surface area contributed by atoms with Crippen molar-refractivity contribution in [3.05, 3.63) is 30.3 Å². The van der Waals surface area contributed by atoms with Gasteiger partial charge >= 0.3 is 6.09 Å². The zero-order valence-corrected chi connectivity index (χ0v) is 15.4. The second-order valence-electron chi connectivity index (χ2n) is 6.91. The fourth-order valence-electron chi connectivity index (χ4n) is 3.56. The van der Waals surface area contributed by atoms with Gasteiger partial charge in [-0.1, -0.05) is 25.1 Å². The highest BCUT2D eigenvalue weighted by molar-refractivity contribution is 5.68. The quantitative estimate of drug-likeness (QED) is 0.833. The number of hydrogen-bond donors (Lipinski definition) is 0. The van der Waals surface area contributed by atoms with Gasteiger partial charge in [-0.05, 0) is 25.6 Å². The molecular formula is C19H30N4O2. The van der Waals surface area contributed by atoms with Crippen LogP contribution in [0.2, 0.25) is 0 Å². The normalized spacial score (nSPS) is 22.9. The standard InChI is InChI=1S/C19H30N4O2/c1-3-15-25-19(24)22-13-14-23(17-7-5-4-6-8-17)18(16-22)21-11-9-20(2)10-12-21/h4-8,18H,3,9-16H2,1-2H3. The first-order chi connectivity index (χ1) is 12.2. The molecule has 2 aliphatic heterocycles. The molecule has 2 aliphatic rings. The Labute approximate surface area is 150 Å². The van der Waals surface area contributed by atoms with E-state index in [1.807, 2.05) is 17.9 Å². The van der Waals surface area contributed by atoms with Crippen molar-refractivity contribution in [1.82, 2.24) is 14.7 Å². The lowest BCUT2D eigenvalue weighted by Crippen LogP contribution is -2.64. The molecule has 3 rings (SSSR count). The Bertz CT molecular complexity index is 546. The van der Waals surface area contributed by atoms with Crippen LogP contribution in [0.25, 0.3) is 0 Å². The Balaban J connectivity index is 1.74. The minimum atomic E-state index is -0.173. The number of para-hydroxylation sites is 1.